The molecule has 9 aromatic carbocycles. The molecule has 0 aliphatic rings. The molecule has 0 N–H and O–H groups in total. The van der Waals surface area contributed by atoms with Crippen molar-refractivity contribution < 1.29 is 4.42 Å². The summed E-state index contributed by atoms with van der Waals surface area (Å²) in [6, 6.07) is 74.5. The molecule has 0 bridgehead atoms. The lowest BCUT2D eigenvalue weighted by molar-refractivity contribution is 0.669. The van der Waals surface area contributed by atoms with Crippen molar-refractivity contribution >= 4 is 65.6 Å². The Bertz CT molecular complexity index is 3850. The minimum absolute atomic E-state index is 0.599. The van der Waals surface area contributed by atoms with Gasteiger partial charge in [-0.05, 0) is 83.9 Å². The van der Waals surface area contributed by atoms with Crippen molar-refractivity contribution in [1.82, 2.24) is 24.1 Å². The summed E-state index contributed by atoms with van der Waals surface area (Å²) in [5, 5.41) is 6.85. The molecule has 13 rings (SSSR count). The highest BCUT2D eigenvalue weighted by Gasteiger charge is 2.21. The smallest absolute Gasteiger partial charge is 0.164 e. The fourth-order valence-corrected chi connectivity index (χ4v) is 9.49. The summed E-state index contributed by atoms with van der Waals surface area (Å²) in [6.07, 6.45) is 0. The first-order valence-electron chi connectivity index (χ1n) is 21.2. The third-order valence-corrected chi connectivity index (χ3v) is 12.4. The highest BCUT2D eigenvalue weighted by Crippen LogP contribution is 2.42. The molecule has 4 heterocycles. The molecule has 6 nitrogen and oxygen atoms in total. The van der Waals surface area contributed by atoms with Gasteiger partial charge in [-0.25, -0.2) is 15.0 Å². The quantitative estimate of drug-likeness (QED) is 0.168. The Morgan fingerprint density at radius 3 is 1.54 bits per heavy atom. The van der Waals surface area contributed by atoms with Gasteiger partial charge in [0, 0.05) is 49.3 Å². The van der Waals surface area contributed by atoms with E-state index in [9.17, 15) is 0 Å². The van der Waals surface area contributed by atoms with E-state index >= 15 is 0 Å². The SMILES string of the molecule is c1ccc(-c2nc(-c3ccccc3)nc(-c3ccc4oc5cccc(-n6c7ccccc7c7ccc(-c8ccc9c(c8)c8ccccc8n9-c8ccccc8)cc76)c5c4c3)n2)cc1. The summed E-state index contributed by atoms with van der Waals surface area (Å²) in [6.45, 7) is 0. The van der Waals surface area contributed by atoms with Crippen LogP contribution in [0.1, 0.15) is 0 Å². The molecule has 0 fully saturated rings. The monoisotopic (exact) mass is 805 g/mol. The van der Waals surface area contributed by atoms with Gasteiger partial charge in [0.15, 0.2) is 17.5 Å². The van der Waals surface area contributed by atoms with Gasteiger partial charge in [-0.1, -0.05) is 140 Å². The summed E-state index contributed by atoms with van der Waals surface area (Å²) in [7, 11) is 0. The summed E-state index contributed by atoms with van der Waals surface area (Å²) >= 11 is 0. The molecular formula is C57H35N5O. The van der Waals surface area contributed by atoms with Crippen molar-refractivity contribution in [2.45, 2.75) is 0 Å². The van der Waals surface area contributed by atoms with Crippen LogP contribution in [0.15, 0.2) is 217 Å². The van der Waals surface area contributed by atoms with Gasteiger partial charge < -0.3 is 13.6 Å². The molecule has 0 unspecified atom stereocenters. The van der Waals surface area contributed by atoms with Crippen LogP contribution in [0.5, 0.6) is 0 Å². The zero-order valence-electron chi connectivity index (χ0n) is 33.9. The van der Waals surface area contributed by atoms with Crippen LogP contribution in [-0.2, 0) is 0 Å². The van der Waals surface area contributed by atoms with E-state index in [4.69, 9.17) is 19.4 Å². The number of para-hydroxylation sites is 3. The molecule has 0 radical (unpaired) electrons. The normalized spacial score (nSPS) is 11.8. The number of benzene rings is 9. The van der Waals surface area contributed by atoms with Crippen LogP contribution in [0.3, 0.4) is 0 Å². The second-order valence-corrected chi connectivity index (χ2v) is 16.0. The Labute approximate surface area is 361 Å². The van der Waals surface area contributed by atoms with Crippen LogP contribution in [0.25, 0.3) is 122 Å². The van der Waals surface area contributed by atoms with E-state index in [-0.39, 0.29) is 0 Å². The predicted molar refractivity (Wildman–Crippen MR) is 258 cm³/mol. The van der Waals surface area contributed by atoms with Crippen molar-refractivity contribution in [1.29, 1.82) is 0 Å². The second kappa shape index (κ2) is 14.0. The third-order valence-electron chi connectivity index (χ3n) is 12.4. The van der Waals surface area contributed by atoms with E-state index in [1.807, 2.05) is 72.8 Å². The van der Waals surface area contributed by atoms with Crippen LogP contribution in [0.2, 0.25) is 0 Å². The summed E-state index contributed by atoms with van der Waals surface area (Å²) in [5.74, 6) is 1.85. The molecule has 0 amide bonds. The van der Waals surface area contributed by atoms with E-state index in [2.05, 4.69) is 149 Å². The molecule has 63 heavy (non-hydrogen) atoms. The highest BCUT2D eigenvalue weighted by atomic mass is 16.3. The van der Waals surface area contributed by atoms with Gasteiger partial charge in [0.1, 0.15) is 11.2 Å². The summed E-state index contributed by atoms with van der Waals surface area (Å²) < 4.78 is 11.4. The summed E-state index contributed by atoms with van der Waals surface area (Å²) in [4.78, 5) is 15.0. The maximum absolute atomic E-state index is 6.63. The Hall–Kier alpha value is -8.61. The first-order valence-corrected chi connectivity index (χ1v) is 21.2. The molecular weight excluding hydrogens is 771 g/mol. The van der Waals surface area contributed by atoms with Crippen LogP contribution in [0, 0.1) is 0 Å². The third kappa shape index (κ3) is 5.62. The Morgan fingerprint density at radius 1 is 0.302 bits per heavy atom. The van der Waals surface area contributed by atoms with Gasteiger partial charge in [-0.3, -0.25) is 0 Å². The van der Waals surface area contributed by atoms with Crippen molar-refractivity contribution in [2.24, 2.45) is 0 Å². The van der Waals surface area contributed by atoms with Gasteiger partial charge in [-0.15, -0.1) is 0 Å². The van der Waals surface area contributed by atoms with E-state index in [1.54, 1.807) is 0 Å². The Balaban J connectivity index is 1.00. The average molecular weight is 806 g/mol. The average Bonchev–Trinajstić information content (AvgIpc) is 4.02. The maximum atomic E-state index is 6.63. The van der Waals surface area contributed by atoms with Crippen LogP contribution < -0.4 is 0 Å². The number of hydrogen-bond donors (Lipinski definition) is 0. The van der Waals surface area contributed by atoms with E-state index < -0.39 is 0 Å². The van der Waals surface area contributed by atoms with Gasteiger partial charge in [0.25, 0.3) is 0 Å². The Kier molecular flexibility index (Phi) is 7.80. The van der Waals surface area contributed by atoms with Crippen molar-refractivity contribution in [3.63, 3.8) is 0 Å². The fraction of sp³-hybridized carbons (Fsp3) is 0. The van der Waals surface area contributed by atoms with Crippen LogP contribution in [-0.4, -0.2) is 24.1 Å². The van der Waals surface area contributed by atoms with E-state index in [0.29, 0.717) is 17.5 Å². The van der Waals surface area contributed by atoms with Gasteiger partial charge in [0.2, 0.25) is 0 Å². The zero-order chi connectivity index (χ0) is 41.4. The molecule has 294 valence electrons. The Morgan fingerprint density at radius 2 is 0.825 bits per heavy atom. The number of aromatic nitrogens is 5. The van der Waals surface area contributed by atoms with E-state index in [1.165, 1.54) is 32.6 Å². The number of furan rings is 1. The van der Waals surface area contributed by atoms with Crippen LogP contribution in [0.4, 0.5) is 0 Å². The number of rotatable bonds is 6. The minimum atomic E-state index is 0.599. The maximum Gasteiger partial charge on any atom is 0.164 e. The molecule has 6 heteroatoms. The summed E-state index contributed by atoms with van der Waals surface area (Å²) in [5.41, 5.74) is 13.5. The number of hydrogen-bond acceptors (Lipinski definition) is 4. The predicted octanol–water partition coefficient (Wildman–Crippen LogP) is 14.6. The molecule has 13 aromatic rings. The molecule has 0 spiro atoms. The largest absolute Gasteiger partial charge is 0.456 e. The lowest BCUT2D eigenvalue weighted by Gasteiger charge is -2.11. The van der Waals surface area contributed by atoms with Gasteiger partial charge in [-0.2, -0.15) is 0 Å². The lowest BCUT2D eigenvalue weighted by atomic mass is 10.0. The number of fused-ring (bicyclic) bond motifs is 9. The van der Waals surface area contributed by atoms with Gasteiger partial charge in [0.05, 0.1) is 33.1 Å². The number of nitrogens with zero attached hydrogens (tertiary/aromatic N) is 5. The standard InChI is InChI=1S/C57H35N5O/c1-4-15-36(16-5-1)55-58-56(37-17-6-2-7-18-37)60-57(59-55)40-29-32-52-46(34-40)54-50(25-14-26-53(54)63-52)62-48-24-13-10-21-42(48)44-30-27-39(35-51(44)62)38-28-31-49-45(33-38)43-22-11-12-23-47(43)61(49)41-19-8-3-9-20-41/h1-35H. The molecule has 0 aliphatic heterocycles. The topological polar surface area (TPSA) is 61.7 Å². The zero-order valence-corrected chi connectivity index (χ0v) is 33.9. The van der Waals surface area contributed by atoms with Crippen LogP contribution >= 0.6 is 0 Å². The van der Waals surface area contributed by atoms with E-state index in [0.717, 1.165) is 72.2 Å². The van der Waals surface area contributed by atoms with Gasteiger partial charge >= 0.3 is 0 Å². The first kappa shape index (κ1) is 35.2. The second-order valence-electron chi connectivity index (χ2n) is 16.0. The molecule has 0 saturated heterocycles. The first-order chi connectivity index (χ1) is 31.2. The van der Waals surface area contributed by atoms with Crippen molar-refractivity contribution in [3.05, 3.63) is 212 Å². The van der Waals surface area contributed by atoms with Crippen molar-refractivity contribution in [3.8, 4) is 56.7 Å². The van der Waals surface area contributed by atoms with Crippen molar-refractivity contribution in [2.75, 3.05) is 0 Å². The minimum Gasteiger partial charge on any atom is -0.456 e. The molecule has 0 atom stereocenters. The lowest BCUT2D eigenvalue weighted by Crippen LogP contribution is -2.00. The molecule has 4 aromatic heterocycles. The fourth-order valence-electron chi connectivity index (χ4n) is 9.49. The molecule has 0 aliphatic carbocycles. The molecule has 0 saturated carbocycles. The highest BCUT2D eigenvalue weighted by molar-refractivity contribution is 6.16.